The summed E-state index contributed by atoms with van der Waals surface area (Å²) in [7, 11) is 3.14. The Balaban J connectivity index is 2.04. The topological polar surface area (TPSA) is 85.2 Å². The highest BCUT2D eigenvalue weighted by molar-refractivity contribution is 9.10. The van der Waals surface area contributed by atoms with E-state index in [1.54, 1.807) is 36.0 Å². The van der Waals surface area contributed by atoms with E-state index in [9.17, 15) is 9.59 Å². The molecule has 0 saturated heterocycles. The molecule has 21 heavy (non-hydrogen) atoms. The van der Waals surface area contributed by atoms with E-state index >= 15 is 0 Å². The summed E-state index contributed by atoms with van der Waals surface area (Å²) >= 11 is 3.27. The molecule has 0 spiro atoms. The second-order valence-electron chi connectivity index (χ2n) is 4.12. The van der Waals surface area contributed by atoms with Crippen molar-refractivity contribution in [3.05, 3.63) is 46.3 Å². The highest BCUT2D eigenvalue weighted by Gasteiger charge is 2.15. The standard InChI is InChI=1S/C13H13BrN4O3/c1-18-7-8(14)6-10(18)12(20)17-16-11(19)9-4-3-5-15-13(9)21-2/h3-7H,1-2H3,(H,16,19)(H,17,20). The van der Waals surface area contributed by atoms with Crippen LogP contribution in [0.25, 0.3) is 0 Å². The fourth-order valence-corrected chi connectivity index (χ4v) is 2.25. The maximum absolute atomic E-state index is 12.0. The first kappa shape index (κ1) is 15.0. The van der Waals surface area contributed by atoms with Gasteiger partial charge in [-0.1, -0.05) is 0 Å². The molecule has 7 nitrogen and oxygen atoms in total. The minimum Gasteiger partial charge on any atom is -0.480 e. The Morgan fingerprint density at radius 2 is 2.05 bits per heavy atom. The van der Waals surface area contributed by atoms with Crippen LogP contribution in [-0.2, 0) is 7.05 Å². The molecule has 2 aromatic heterocycles. The van der Waals surface area contributed by atoms with Gasteiger partial charge in [0, 0.05) is 23.9 Å². The van der Waals surface area contributed by atoms with Gasteiger partial charge in [0.25, 0.3) is 11.8 Å². The third kappa shape index (κ3) is 3.40. The fraction of sp³-hybridized carbons (Fsp3) is 0.154. The van der Waals surface area contributed by atoms with Crippen molar-refractivity contribution in [1.29, 1.82) is 0 Å². The number of aryl methyl sites for hydroxylation is 1. The molecule has 0 aliphatic carbocycles. The fourth-order valence-electron chi connectivity index (χ4n) is 1.72. The van der Waals surface area contributed by atoms with Crippen LogP contribution in [0.1, 0.15) is 20.8 Å². The van der Waals surface area contributed by atoms with Gasteiger partial charge in [0.2, 0.25) is 5.88 Å². The van der Waals surface area contributed by atoms with Crippen molar-refractivity contribution in [2.24, 2.45) is 7.05 Å². The van der Waals surface area contributed by atoms with Crippen LogP contribution in [-0.4, -0.2) is 28.5 Å². The molecule has 0 unspecified atom stereocenters. The molecule has 0 saturated carbocycles. The second-order valence-corrected chi connectivity index (χ2v) is 5.04. The van der Waals surface area contributed by atoms with Crippen LogP contribution in [0.15, 0.2) is 35.1 Å². The van der Waals surface area contributed by atoms with Gasteiger partial charge < -0.3 is 9.30 Å². The van der Waals surface area contributed by atoms with Gasteiger partial charge in [-0.2, -0.15) is 0 Å². The Kier molecular flexibility index (Phi) is 4.59. The average Bonchev–Trinajstić information content (AvgIpc) is 2.83. The van der Waals surface area contributed by atoms with Gasteiger partial charge in [-0.15, -0.1) is 0 Å². The normalized spacial score (nSPS) is 10.0. The largest absolute Gasteiger partial charge is 0.480 e. The molecule has 0 bridgehead atoms. The van der Waals surface area contributed by atoms with Crippen LogP contribution < -0.4 is 15.6 Å². The van der Waals surface area contributed by atoms with Gasteiger partial charge >= 0.3 is 0 Å². The van der Waals surface area contributed by atoms with E-state index in [2.05, 4.69) is 31.8 Å². The molecule has 2 heterocycles. The zero-order valence-electron chi connectivity index (χ0n) is 11.4. The molecule has 110 valence electrons. The zero-order valence-corrected chi connectivity index (χ0v) is 13.0. The van der Waals surface area contributed by atoms with E-state index in [1.807, 2.05) is 0 Å². The molecule has 2 rings (SSSR count). The van der Waals surface area contributed by atoms with E-state index in [-0.39, 0.29) is 11.4 Å². The first-order valence-corrected chi connectivity index (χ1v) is 6.73. The van der Waals surface area contributed by atoms with Crippen LogP contribution in [0.2, 0.25) is 0 Å². The maximum Gasteiger partial charge on any atom is 0.286 e. The number of ether oxygens (including phenoxy) is 1. The molecular formula is C13H13BrN4O3. The van der Waals surface area contributed by atoms with Crippen molar-refractivity contribution in [2.45, 2.75) is 0 Å². The SMILES string of the molecule is COc1ncccc1C(=O)NNC(=O)c1cc(Br)cn1C. The maximum atomic E-state index is 12.0. The molecule has 0 aliphatic rings. The van der Waals surface area contributed by atoms with Gasteiger partial charge in [0.15, 0.2) is 0 Å². The molecule has 0 radical (unpaired) electrons. The lowest BCUT2D eigenvalue weighted by Gasteiger charge is -2.09. The van der Waals surface area contributed by atoms with Gasteiger partial charge in [0.05, 0.1) is 7.11 Å². The number of methoxy groups -OCH3 is 1. The van der Waals surface area contributed by atoms with Gasteiger partial charge in [0.1, 0.15) is 11.3 Å². The predicted octanol–water partition coefficient (Wildman–Crippen LogP) is 1.27. The number of hydrogen-bond donors (Lipinski definition) is 2. The zero-order chi connectivity index (χ0) is 15.4. The number of halogens is 1. The minimum absolute atomic E-state index is 0.186. The molecule has 0 aliphatic heterocycles. The summed E-state index contributed by atoms with van der Waals surface area (Å²) in [6.07, 6.45) is 3.25. The van der Waals surface area contributed by atoms with Gasteiger partial charge in [-0.05, 0) is 34.1 Å². The highest BCUT2D eigenvalue weighted by Crippen LogP contribution is 2.14. The molecular weight excluding hydrogens is 340 g/mol. The van der Waals surface area contributed by atoms with Crippen LogP contribution in [0.5, 0.6) is 5.88 Å². The predicted molar refractivity (Wildman–Crippen MR) is 78.8 cm³/mol. The number of hydrazine groups is 1. The lowest BCUT2D eigenvalue weighted by Crippen LogP contribution is -2.42. The lowest BCUT2D eigenvalue weighted by molar-refractivity contribution is 0.0840. The second kappa shape index (κ2) is 6.40. The molecule has 2 amide bonds. The molecule has 0 aromatic carbocycles. The number of hydrogen-bond acceptors (Lipinski definition) is 4. The Morgan fingerprint density at radius 1 is 1.33 bits per heavy atom. The van der Waals surface area contributed by atoms with Crippen molar-refractivity contribution >= 4 is 27.7 Å². The summed E-state index contributed by atoms with van der Waals surface area (Å²) in [4.78, 5) is 27.9. The summed E-state index contributed by atoms with van der Waals surface area (Å²) in [6.45, 7) is 0. The van der Waals surface area contributed by atoms with Crippen molar-refractivity contribution in [2.75, 3.05) is 7.11 Å². The number of aromatic nitrogens is 2. The van der Waals surface area contributed by atoms with Gasteiger partial charge in [-0.25, -0.2) is 4.98 Å². The van der Waals surface area contributed by atoms with Crippen LogP contribution in [0.3, 0.4) is 0 Å². The number of nitrogens with one attached hydrogen (secondary N) is 2. The molecule has 0 fully saturated rings. The smallest absolute Gasteiger partial charge is 0.286 e. The number of nitrogens with zero attached hydrogens (tertiary/aromatic N) is 2. The van der Waals surface area contributed by atoms with E-state index in [0.717, 1.165) is 4.47 Å². The van der Waals surface area contributed by atoms with E-state index in [0.29, 0.717) is 5.69 Å². The van der Waals surface area contributed by atoms with Crippen LogP contribution >= 0.6 is 15.9 Å². The Morgan fingerprint density at radius 3 is 2.67 bits per heavy atom. The number of carbonyl (C=O) groups excluding carboxylic acids is 2. The first-order chi connectivity index (χ1) is 10.0. The molecule has 0 atom stereocenters. The Bertz CT molecular complexity index is 684. The van der Waals surface area contributed by atoms with Crippen LogP contribution in [0, 0.1) is 0 Å². The molecule has 2 N–H and O–H groups in total. The number of carbonyl (C=O) groups is 2. The third-order valence-electron chi connectivity index (χ3n) is 2.70. The van der Waals surface area contributed by atoms with Crippen molar-refractivity contribution in [3.8, 4) is 5.88 Å². The third-order valence-corrected chi connectivity index (χ3v) is 3.14. The van der Waals surface area contributed by atoms with Crippen LogP contribution in [0.4, 0.5) is 0 Å². The van der Waals surface area contributed by atoms with Crippen molar-refractivity contribution in [1.82, 2.24) is 20.4 Å². The number of rotatable bonds is 3. The van der Waals surface area contributed by atoms with E-state index < -0.39 is 11.8 Å². The number of amides is 2. The Hall–Kier alpha value is -2.35. The summed E-state index contributed by atoms with van der Waals surface area (Å²) < 4.78 is 7.39. The minimum atomic E-state index is -0.512. The number of pyridine rings is 1. The van der Waals surface area contributed by atoms with Crippen molar-refractivity contribution in [3.63, 3.8) is 0 Å². The first-order valence-electron chi connectivity index (χ1n) is 5.94. The highest BCUT2D eigenvalue weighted by atomic mass is 79.9. The average molecular weight is 353 g/mol. The van der Waals surface area contributed by atoms with E-state index in [1.165, 1.54) is 13.3 Å². The molecule has 2 aromatic rings. The van der Waals surface area contributed by atoms with Crippen molar-refractivity contribution < 1.29 is 14.3 Å². The lowest BCUT2D eigenvalue weighted by atomic mass is 10.2. The van der Waals surface area contributed by atoms with E-state index in [4.69, 9.17) is 4.74 Å². The molecule has 8 heteroatoms. The van der Waals surface area contributed by atoms with Gasteiger partial charge in [-0.3, -0.25) is 20.4 Å². The summed E-state index contributed by atoms with van der Waals surface area (Å²) in [5.41, 5.74) is 5.29. The summed E-state index contributed by atoms with van der Waals surface area (Å²) in [5.74, 6) is -0.758. The monoisotopic (exact) mass is 352 g/mol. The Labute approximate surface area is 129 Å². The summed E-state index contributed by atoms with van der Waals surface area (Å²) in [6, 6.07) is 4.80. The quantitative estimate of drug-likeness (QED) is 0.814. The summed E-state index contributed by atoms with van der Waals surface area (Å²) in [5, 5.41) is 0.